The molecular weight excluding hydrogens is 202 g/mol. The normalized spacial score (nSPS) is 12.5. The first-order chi connectivity index (χ1) is 7.04. The van der Waals surface area contributed by atoms with E-state index in [0.717, 1.165) is 18.2 Å². The first kappa shape index (κ1) is 11.8. The Morgan fingerprint density at radius 2 is 1.87 bits per heavy atom. The third-order valence-electron chi connectivity index (χ3n) is 1.93. The van der Waals surface area contributed by atoms with Crippen molar-refractivity contribution in [1.29, 1.82) is 0 Å². The van der Waals surface area contributed by atoms with Crippen LogP contribution in [-0.2, 0) is 4.74 Å². The Balaban J connectivity index is 2.90. The van der Waals surface area contributed by atoms with Gasteiger partial charge in [-0.05, 0) is 26.0 Å². The van der Waals surface area contributed by atoms with E-state index in [1.807, 2.05) is 0 Å². The second-order valence-electron chi connectivity index (χ2n) is 3.12. The molecule has 0 saturated heterocycles. The van der Waals surface area contributed by atoms with Gasteiger partial charge in [-0.25, -0.2) is 8.78 Å². The number of Topliss-reactive ketones (excluding diaryl/α,β-unsaturated/α-hetero) is 1. The standard InChI is InChI=1S/C11H12F2O2/c1-3-15-7(2)11(14)8-4-9(12)6-10(13)5-8/h4-7H,3H2,1-2H3. The summed E-state index contributed by atoms with van der Waals surface area (Å²) in [7, 11) is 0. The summed E-state index contributed by atoms with van der Waals surface area (Å²) in [4.78, 5) is 11.6. The van der Waals surface area contributed by atoms with E-state index in [2.05, 4.69) is 0 Å². The topological polar surface area (TPSA) is 26.3 Å². The van der Waals surface area contributed by atoms with Crippen molar-refractivity contribution >= 4 is 5.78 Å². The van der Waals surface area contributed by atoms with Crippen molar-refractivity contribution in [2.24, 2.45) is 0 Å². The fourth-order valence-corrected chi connectivity index (χ4v) is 1.26. The molecule has 0 radical (unpaired) electrons. The molecule has 2 nitrogen and oxygen atoms in total. The Bertz CT molecular complexity index is 343. The molecule has 0 spiro atoms. The summed E-state index contributed by atoms with van der Waals surface area (Å²) < 4.78 is 30.7. The maximum atomic E-state index is 12.8. The number of ketones is 1. The van der Waals surface area contributed by atoms with Crippen molar-refractivity contribution < 1.29 is 18.3 Å². The van der Waals surface area contributed by atoms with Crippen LogP contribution in [-0.4, -0.2) is 18.5 Å². The predicted molar refractivity (Wildman–Crippen MR) is 51.8 cm³/mol. The fourth-order valence-electron chi connectivity index (χ4n) is 1.26. The van der Waals surface area contributed by atoms with E-state index in [-0.39, 0.29) is 5.56 Å². The Kier molecular flexibility index (Phi) is 3.91. The van der Waals surface area contributed by atoms with Gasteiger partial charge in [-0.3, -0.25) is 4.79 Å². The van der Waals surface area contributed by atoms with E-state index in [1.54, 1.807) is 13.8 Å². The lowest BCUT2D eigenvalue weighted by molar-refractivity contribution is 0.0520. The van der Waals surface area contributed by atoms with Crippen LogP contribution in [0.2, 0.25) is 0 Å². The molecule has 0 bridgehead atoms. The van der Waals surface area contributed by atoms with Crippen LogP contribution in [0.3, 0.4) is 0 Å². The second-order valence-corrected chi connectivity index (χ2v) is 3.12. The summed E-state index contributed by atoms with van der Waals surface area (Å²) in [5.41, 5.74) is -0.00606. The molecule has 0 heterocycles. The van der Waals surface area contributed by atoms with Crippen LogP contribution in [0.15, 0.2) is 18.2 Å². The van der Waals surface area contributed by atoms with Gasteiger partial charge in [-0.2, -0.15) is 0 Å². The van der Waals surface area contributed by atoms with Crippen molar-refractivity contribution in [3.05, 3.63) is 35.4 Å². The molecule has 1 aromatic carbocycles. The molecule has 0 aliphatic heterocycles. The summed E-state index contributed by atoms with van der Waals surface area (Å²) >= 11 is 0. The van der Waals surface area contributed by atoms with E-state index in [1.165, 1.54) is 0 Å². The molecule has 0 fully saturated rings. The van der Waals surface area contributed by atoms with Gasteiger partial charge in [0.05, 0.1) is 0 Å². The summed E-state index contributed by atoms with van der Waals surface area (Å²) in [6, 6.07) is 2.73. The molecule has 4 heteroatoms. The zero-order chi connectivity index (χ0) is 11.4. The van der Waals surface area contributed by atoms with Crippen LogP contribution in [0.5, 0.6) is 0 Å². The summed E-state index contributed by atoms with van der Waals surface area (Å²) in [5, 5.41) is 0. The lowest BCUT2D eigenvalue weighted by Crippen LogP contribution is -2.21. The second kappa shape index (κ2) is 4.98. The number of hydrogen-bond acceptors (Lipinski definition) is 2. The molecular formula is C11H12F2O2. The maximum Gasteiger partial charge on any atom is 0.191 e. The van der Waals surface area contributed by atoms with E-state index >= 15 is 0 Å². The van der Waals surface area contributed by atoms with E-state index in [0.29, 0.717) is 6.61 Å². The Morgan fingerprint density at radius 3 is 2.33 bits per heavy atom. The van der Waals surface area contributed by atoms with Crippen LogP contribution in [0, 0.1) is 11.6 Å². The van der Waals surface area contributed by atoms with Crippen LogP contribution >= 0.6 is 0 Å². The average Bonchev–Trinajstić information content (AvgIpc) is 2.15. The van der Waals surface area contributed by atoms with Crippen LogP contribution in [0.25, 0.3) is 0 Å². The molecule has 1 unspecified atom stereocenters. The van der Waals surface area contributed by atoms with Gasteiger partial charge in [-0.1, -0.05) is 0 Å². The molecule has 1 aromatic rings. The van der Waals surface area contributed by atoms with E-state index in [9.17, 15) is 13.6 Å². The zero-order valence-electron chi connectivity index (χ0n) is 8.59. The Morgan fingerprint density at radius 1 is 1.33 bits per heavy atom. The minimum absolute atomic E-state index is 0.00606. The smallest absolute Gasteiger partial charge is 0.191 e. The monoisotopic (exact) mass is 214 g/mol. The summed E-state index contributed by atoms with van der Waals surface area (Å²) in [6.45, 7) is 3.68. The first-order valence-electron chi connectivity index (χ1n) is 4.66. The Labute approximate surface area is 86.9 Å². The molecule has 0 aliphatic rings. The molecule has 0 N–H and O–H groups in total. The number of carbonyl (C=O) groups excluding carboxylic acids is 1. The van der Waals surface area contributed by atoms with Gasteiger partial charge in [0.2, 0.25) is 0 Å². The molecule has 82 valence electrons. The van der Waals surface area contributed by atoms with Gasteiger partial charge in [0.25, 0.3) is 0 Å². The fraction of sp³-hybridized carbons (Fsp3) is 0.364. The van der Waals surface area contributed by atoms with Gasteiger partial charge >= 0.3 is 0 Å². The van der Waals surface area contributed by atoms with Gasteiger partial charge in [-0.15, -0.1) is 0 Å². The summed E-state index contributed by atoms with van der Waals surface area (Å²) in [6.07, 6.45) is -0.684. The highest BCUT2D eigenvalue weighted by atomic mass is 19.1. The number of carbonyl (C=O) groups is 1. The minimum atomic E-state index is -0.762. The van der Waals surface area contributed by atoms with Gasteiger partial charge < -0.3 is 4.74 Å². The summed E-state index contributed by atoms with van der Waals surface area (Å²) in [5.74, 6) is -1.95. The molecule has 0 aromatic heterocycles. The molecule has 1 rings (SSSR count). The van der Waals surface area contributed by atoms with Crippen molar-refractivity contribution in [3.63, 3.8) is 0 Å². The predicted octanol–water partition coefficient (Wildman–Crippen LogP) is 2.57. The molecule has 1 atom stereocenters. The highest BCUT2D eigenvalue weighted by Gasteiger charge is 2.16. The van der Waals surface area contributed by atoms with Gasteiger partial charge in [0, 0.05) is 18.2 Å². The zero-order valence-corrected chi connectivity index (χ0v) is 8.59. The minimum Gasteiger partial charge on any atom is -0.371 e. The van der Waals surface area contributed by atoms with Gasteiger partial charge in [0.15, 0.2) is 5.78 Å². The van der Waals surface area contributed by atoms with Crippen molar-refractivity contribution in [2.45, 2.75) is 20.0 Å². The number of hydrogen-bond donors (Lipinski definition) is 0. The maximum absolute atomic E-state index is 12.8. The highest BCUT2D eigenvalue weighted by Crippen LogP contribution is 2.11. The number of rotatable bonds is 4. The molecule has 0 amide bonds. The van der Waals surface area contributed by atoms with Crippen LogP contribution in [0.4, 0.5) is 8.78 Å². The lowest BCUT2D eigenvalue weighted by Gasteiger charge is -2.10. The molecule has 0 aliphatic carbocycles. The van der Waals surface area contributed by atoms with Gasteiger partial charge in [0.1, 0.15) is 17.7 Å². The van der Waals surface area contributed by atoms with E-state index < -0.39 is 23.5 Å². The third kappa shape index (κ3) is 3.09. The first-order valence-corrected chi connectivity index (χ1v) is 4.66. The van der Waals surface area contributed by atoms with Crippen LogP contribution in [0.1, 0.15) is 24.2 Å². The van der Waals surface area contributed by atoms with Crippen molar-refractivity contribution in [1.82, 2.24) is 0 Å². The largest absolute Gasteiger partial charge is 0.371 e. The van der Waals surface area contributed by atoms with Crippen LogP contribution < -0.4 is 0 Å². The average molecular weight is 214 g/mol. The number of ether oxygens (including phenoxy) is 1. The molecule has 15 heavy (non-hydrogen) atoms. The SMILES string of the molecule is CCOC(C)C(=O)c1cc(F)cc(F)c1. The van der Waals surface area contributed by atoms with Crippen molar-refractivity contribution in [2.75, 3.05) is 6.61 Å². The lowest BCUT2D eigenvalue weighted by atomic mass is 10.1. The quantitative estimate of drug-likeness (QED) is 0.720. The number of halogens is 2. The Hall–Kier alpha value is -1.29. The number of benzene rings is 1. The molecule has 0 saturated carbocycles. The highest BCUT2D eigenvalue weighted by molar-refractivity contribution is 5.99. The third-order valence-corrected chi connectivity index (χ3v) is 1.93. The van der Waals surface area contributed by atoms with Crippen molar-refractivity contribution in [3.8, 4) is 0 Å². The van der Waals surface area contributed by atoms with E-state index in [4.69, 9.17) is 4.74 Å².